The fourth-order valence-electron chi connectivity index (χ4n) is 4.08. The first-order chi connectivity index (χ1) is 15.3. The summed E-state index contributed by atoms with van der Waals surface area (Å²) in [4.78, 5) is 36.4. The van der Waals surface area contributed by atoms with Crippen molar-refractivity contribution >= 4 is 22.9 Å². The number of nitrogens with one attached hydrogen (secondary N) is 1. The Morgan fingerprint density at radius 3 is 2.12 bits per heavy atom. The van der Waals surface area contributed by atoms with Crippen molar-refractivity contribution < 1.29 is 19.0 Å². The van der Waals surface area contributed by atoms with E-state index in [1.54, 1.807) is 48.5 Å². The zero-order valence-electron chi connectivity index (χ0n) is 18.0. The third kappa shape index (κ3) is 4.15. The van der Waals surface area contributed by atoms with Crippen molar-refractivity contribution in [1.82, 2.24) is 0 Å². The predicted molar refractivity (Wildman–Crippen MR) is 122 cm³/mol. The Hall–Kier alpha value is -3.84. The summed E-state index contributed by atoms with van der Waals surface area (Å²) >= 11 is 0. The number of hydrogen-bond acceptors (Lipinski definition) is 5. The average molecular weight is 430 g/mol. The number of rotatable bonds is 7. The van der Waals surface area contributed by atoms with Crippen LogP contribution < -0.4 is 5.32 Å². The number of anilines is 1. The van der Waals surface area contributed by atoms with Gasteiger partial charge in [-0.2, -0.15) is 0 Å². The van der Waals surface area contributed by atoms with Crippen LogP contribution in [0.15, 0.2) is 66.7 Å². The maximum absolute atomic E-state index is 13.1. The minimum absolute atomic E-state index is 0.0790. The van der Waals surface area contributed by atoms with Crippen LogP contribution in [0.25, 0.3) is 0 Å². The number of likely N-dealkylation sites (N-methyl/N-ethyl adjacent to an activating group) is 1. The van der Waals surface area contributed by atoms with Gasteiger partial charge >= 0.3 is 0 Å². The van der Waals surface area contributed by atoms with Gasteiger partial charge in [0.25, 0.3) is 5.69 Å². The molecule has 0 radical (unpaired) electrons. The Morgan fingerprint density at radius 2 is 1.47 bits per heavy atom. The van der Waals surface area contributed by atoms with Gasteiger partial charge in [-0.25, -0.2) is 0 Å². The molecule has 0 bridgehead atoms. The molecule has 0 fully saturated rings. The monoisotopic (exact) mass is 430 g/mol. The largest absolute Gasteiger partial charge is 0.379 e. The predicted octanol–water partition coefficient (Wildman–Crippen LogP) is 4.06. The molecular formula is C25H24N3O4+. The number of nitrogens with zero attached hydrogens (tertiary/aromatic N) is 2. The number of carbonyl (C=O) groups is 2. The summed E-state index contributed by atoms with van der Waals surface area (Å²) in [5.41, 5.74) is 3.49. The van der Waals surface area contributed by atoms with Gasteiger partial charge in [-0.1, -0.05) is 36.4 Å². The van der Waals surface area contributed by atoms with Gasteiger partial charge in [0.05, 0.1) is 37.7 Å². The smallest absolute Gasteiger partial charge is 0.269 e. The second-order valence-electron chi connectivity index (χ2n) is 8.60. The van der Waals surface area contributed by atoms with Gasteiger partial charge in [0.15, 0.2) is 11.6 Å². The van der Waals surface area contributed by atoms with Crippen molar-refractivity contribution in [2.24, 2.45) is 0 Å². The first-order valence-corrected chi connectivity index (χ1v) is 10.4. The maximum atomic E-state index is 13.1. The molecule has 0 saturated carbocycles. The van der Waals surface area contributed by atoms with E-state index < -0.39 is 4.92 Å². The number of hydrogen-bond donors (Lipinski definition) is 1. The highest BCUT2D eigenvalue weighted by molar-refractivity contribution is 6.30. The SMILES string of the molecule is C[N+](C)(CCNc1cccc2c1C(=O)c1ccccc1C2=O)Cc1ccc([N+](=O)[O-])cc1. The quantitative estimate of drug-likeness (QED) is 0.271. The number of fused-ring (bicyclic) bond motifs is 2. The first-order valence-electron chi connectivity index (χ1n) is 10.4. The molecule has 162 valence electrons. The Morgan fingerprint density at radius 1 is 0.844 bits per heavy atom. The first kappa shape index (κ1) is 21.4. The number of carbonyl (C=O) groups excluding carboxylic acids is 2. The van der Waals surface area contributed by atoms with Crippen LogP contribution in [0.3, 0.4) is 0 Å². The summed E-state index contributed by atoms with van der Waals surface area (Å²) in [6.45, 7) is 2.05. The zero-order chi connectivity index (χ0) is 22.9. The standard InChI is InChI=1S/C25H23N3O4/c1-28(2,16-17-10-12-18(13-11-17)27(31)32)15-14-26-22-9-5-8-21-23(22)25(30)20-7-4-3-6-19(20)24(21)29/h3-13H,14-16H2,1-2H3/p+1. The minimum atomic E-state index is -0.404. The number of quaternary nitrogens is 1. The lowest BCUT2D eigenvalue weighted by molar-refractivity contribution is -0.902. The Bertz CT molecular complexity index is 1220. The lowest BCUT2D eigenvalue weighted by Crippen LogP contribution is -2.42. The van der Waals surface area contributed by atoms with Gasteiger partial charge in [-0.15, -0.1) is 0 Å². The molecule has 0 aromatic heterocycles. The van der Waals surface area contributed by atoms with Crippen LogP contribution in [0.4, 0.5) is 11.4 Å². The van der Waals surface area contributed by atoms with Crippen LogP contribution >= 0.6 is 0 Å². The number of benzene rings is 3. The van der Waals surface area contributed by atoms with E-state index in [2.05, 4.69) is 19.4 Å². The van der Waals surface area contributed by atoms with E-state index in [0.29, 0.717) is 45.5 Å². The number of nitro benzene ring substituents is 1. The summed E-state index contributed by atoms with van der Waals surface area (Å²) in [6, 6.07) is 18.8. The second kappa shape index (κ2) is 8.36. The van der Waals surface area contributed by atoms with Gasteiger partial charge in [0, 0.05) is 40.1 Å². The lowest BCUT2D eigenvalue weighted by Gasteiger charge is -2.30. The molecule has 0 saturated heterocycles. The number of ketones is 2. The molecule has 0 atom stereocenters. The summed E-state index contributed by atoms with van der Waals surface area (Å²) in [7, 11) is 4.16. The lowest BCUT2D eigenvalue weighted by atomic mass is 9.83. The van der Waals surface area contributed by atoms with Crippen LogP contribution in [-0.4, -0.2) is 48.2 Å². The van der Waals surface area contributed by atoms with Crippen LogP contribution in [0.2, 0.25) is 0 Å². The average Bonchev–Trinajstić information content (AvgIpc) is 2.77. The van der Waals surface area contributed by atoms with E-state index in [1.807, 2.05) is 6.07 Å². The Balaban J connectivity index is 1.46. The molecule has 0 aliphatic heterocycles. The van der Waals surface area contributed by atoms with E-state index in [-0.39, 0.29) is 17.3 Å². The van der Waals surface area contributed by atoms with Crippen LogP contribution in [-0.2, 0) is 6.54 Å². The fourth-order valence-corrected chi connectivity index (χ4v) is 4.08. The van der Waals surface area contributed by atoms with Gasteiger partial charge in [0.1, 0.15) is 6.54 Å². The van der Waals surface area contributed by atoms with E-state index >= 15 is 0 Å². The third-order valence-corrected chi connectivity index (χ3v) is 5.74. The molecule has 0 unspecified atom stereocenters. The summed E-state index contributed by atoms with van der Waals surface area (Å²) < 4.78 is 0.648. The minimum Gasteiger partial charge on any atom is -0.379 e. The van der Waals surface area contributed by atoms with E-state index in [1.165, 1.54) is 12.1 Å². The molecule has 7 heteroatoms. The van der Waals surface area contributed by atoms with Crippen molar-refractivity contribution in [3.63, 3.8) is 0 Å². The van der Waals surface area contributed by atoms with Crippen molar-refractivity contribution in [1.29, 1.82) is 0 Å². The van der Waals surface area contributed by atoms with Crippen molar-refractivity contribution in [2.75, 3.05) is 32.5 Å². The maximum Gasteiger partial charge on any atom is 0.269 e. The van der Waals surface area contributed by atoms with Crippen LogP contribution in [0.1, 0.15) is 37.4 Å². The molecule has 1 aliphatic carbocycles. The number of non-ortho nitro benzene ring substituents is 1. The molecule has 32 heavy (non-hydrogen) atoms. The highest BCUT2D eigenvalue weighted by Crippen LogP contribution is 2.31. The summed E-state index contributed by atoms with van der Waals surface area (Å²) in [5.74, 6) is -0.272. The van der Waals surface area contributed by atoms with E-state index in [0.717, 1.165) is 12.1 Å². The highest BCUT2D eigenvalue weighted by atomic mass is 16.6. The molecule has 0 spiro atoms. The Labute approximate surface area is 186 Å². The van der Waals surface area contributed by atoms with Crippen molar-refractivity contribution in [3.05, 3.63) is 105 Å². The van der Waals surface area contributed by atoms with E-state index in [9.17, 15) is 19.7 Å². The Kier molecular flexibility index (Phi) is 5.59. The topological polar surface area (TPSA) is 89.3 Å². The van der Waals surface area contributed by atoms with Gasteiger partial charge in [-0.3, -0.25) is 19.7 Å². The van der Waals surface area contributed by atoms with Gasteiger partial charge < -0.3 is 9.80 Å². The highest BCUT2D eigenvalue weighted by Gasteiger charge is 2.31. The van der Waals surface area contributed by atoms with Crippen molar-refractivity contribution in [3.8, 4) is 0 Å². The van der Waals surface area contributed by atoms with Crippen molar-refractivity contribution in [2.45, 2.75) is 6.54 Å². The molecule has 0 amide bonds. The molecule has 0 heterocycles. The third-order valence-electron chi connectivity index (χ3n) is 5.74. The molecular weight excluding hydrogens is 406 g/mol. The van der Waals surface area contributed by atoms with Gasteiger partial charge in [0.2, 0.25) is 0 Å². The van der Waals surface area contributed by atoms with Crippen LogP contribution in [0.5, 0.6) is 0 Å². The van der Waals surface area contributed by atoms with Crippen LogP contribution in [0, 0.1) is 10.1 Å². The molecule has 3 aromatic carbocycles. The molecule has 1 aliphatic rings. The number of nitro groups is 1. The van der Waals surface area contributed by atoms with E-state index in [4.69, 9.17) is 0 Å². The normalized spacial score (nSPS) is 12.8. The second-order valence-corrected chi connectivity index (χ2v) is 8.60. The molecule has 3 aromatic rings. The zero-order valence-corrected chi connectivity index (χ0v) is 18.0. The fraction of sp³-hybridized carbons (Fsp3) is 0.200. The summed E-state index contributed by atoms with van der Waals surface area (Å²) in [6.07, 6.45) is 0. The molecule has 7 nitrogen and oxygen atoms in total. The van der Waals surface area contributed by atoms with Gasteiger partial charge in [-0.05, 0) is 18.2 Å². The molecule has 1 N–H and O–H groups in total. The molecule has 4 rings (SSSR count). The summed E-state index contributed by atoms with van der Waals surface area (Å²) in [5, 5.41) is 14.2.